The van der Waals surface area contributed by atoms with E-state index >= 15 is 0 Å². The molecule has 0 saturated heterocycles. The fraction of sp³-hybridized carbons (Fsp3) is 0.400. The molecular formula is C20H26N2O4. The van der Waals surface area contributed by atoms with Crippen molar-refractivity contribution in [3.63, 3.8) is 0 Å². The summed E-state index contributed by atoms with van der Waals surface area (Å²) in [6, 6.07) is 9.12. The average molecular weight is 358 g/mol. The molecule has 1 N–H and O–H groups in total. The smallest absolute Gasteiger partial charge is 0.262 e. The standard InChI is InChI=1S/C20H26N2O4/c1-14(2)16-5-7-17(8-6-16)21-19(24)13-26-20-15(3)22(11-12-25-4)10-9-18(20)23/h5-10,14H,11-13H2,1-4H3,(H,21,24). The SMILES string of the molecule is COCCn1ccc(=O)c(OCC(=O)Nc2ccc(C(C)C)cc2)c1C. The van der Waals surface area contributed by atoms with Crippen LogP contribution >= 0.6 is 0 Å². The van der Waals surface area contributed by atoms with E-state index in [2.05, 4.69) is 19.2 Å². The van der Waals surface area contributed by atoms with E-state index in [4.69, 9.17) is 9.47 Å². The van der Waals surface area contributed by atoms with Crippen molar-refractivity contribution in [2.24, 2.45) is 0 Å². The van der Waals surface area contributed by atoms with Crippen LogP contribution in [0.25, 0.3) is 0 Å². The summed E-state index contributed by atoms with van der Waals surface area (Å²) in [6.07, 6.45) is 1.69. The van der Waals surface area contributed by atoms with Crippen LogP contribution in [0.4, 0.5) is 5.69 Å². The van der Waals surface area contributed by atoms with Gasteiger partial charge in [-0.1, -0.05) is 26.0 Å². The number of hydrogen-bond donors (Lipinski definition) is 1. The molecule has 140 valence electrons. The van der Waals surface area contributed by atoms with Gasteiger partial charge in [0.25, 0.3) is 5.91 Å². The number of nitrogens with one attached hydrogen (secondary N) is 1. The largest absolute Gasteiger partial charge is 0.478 e. The van der Waals surface area contributed by atoms with Crippen molar-refractivity contribution in [2.75, 3.05) is 25.6 Å². The molecule has 26 heavy (non-hydrogen) atoms. The van der Waals surface area contributed by atoms with Crippen molar-refractivity contribution < 1.29 is 14.3 Å². The molecule has 0 fully saturated rings. The Balaban J connectivity index is 1.99. The molecule has 0 aliphatic carbocycles. The highest BCUT2D eigenvalue weighted by Crippen LogP contribution is 2.17. The molecule has 0 spiro atoms. The number of benzene rings is 1. The van der Waals surface area contributed by atoms with Gasteiger partial charge in [0.1, 0.15) is 0 Å². The van der Waals surface area contributed by atoms with Gasteiger partial charge in [0.2, 0.25) is 5.43 Å². The van der Waals surface area contributed by atoms with Crippen LogP contribution in [0.15, 0.2) is 41.3 Å². The third kappa shape index (κ3) is 5.20. The monoisotopic (exact) mass is 358 g/mol. The average Bonchev–Trinajstić information content (AvgIpc) is 2.61. The Kier molecular flexibility index (Phi) is 6.97. The molecule has 1 heterocycles. The zero-order chi connectivity index (χ0) is 19.1. The molecule has 0 saturated carbocycles. The maximum Gasteiger partial charge on any atom is 0.262 e. The van der Waals surface area contributed by atoms with Gasteiger partial charge in [-0.2, -0.15) is 0 Å². The van der Waals surface area contributed by atoms with Crippen LogP contribution in [0, 0.1) is 6.92 Å². The lowest BCUT2D eigenvalue weighted by molar-refractivity contribution is -0.118. The van der Waals surface area contributed by atoms with Crippen molar-refractivity contribution in [3.8, 4) is 5.75 Å². The van der Waals surface area contributed by atoms with Gasteiger partial charge in [0.05, 0.1) is 12.3 Å². The quantitative estimate of drug-likeness (QED) is 0.788. The number of carbonyl (C=O) groups excluding carboxylic acids is 1. The van der Waals surface area contributed by atoms with Gasteiger partial charge >= 0.3 is 0 Å². The Labute approximate surface area is 153 Å². The van der Waals surface area contributed by atoms with Gasteiger partial charge < -0.3 is 19.4 Å². The first-order valence-electron chi connectivity index (χ1n) is 8.64. The second-order valence-corrected chi connectivity index (χ2v) is 6.39. The number of ether oxygens (including phenoxy) is 2. The Morgan fingerprint density at radius 3 is 2.50 bits per heavy atom. The minimum absolute atomic E-state index is 0.189. The fourth-order valence-corrected chi connectivity index (χ4v) is 2.55. The molecule has 1 aromatic heterocycles. The Hall–Kier alpha value is -2.60. The molecular weight excluding hydrogens is 332 g/mol. The van der Waals surface area contributed by atoms with Crippen LogP contribution in [0.5, 0.6) is 5.75 Å². The molecule has 0 aliphatic heterocycles. The van der Waals surface area contributed by atoms with Crippen LogP contribution in [0.3, 0.4) is 0 Å². The minimum Gasteiger partial charge on any atom is -0.478 e. The third-order valence-electron chi connectivity index (χ3n) is 4.13. The predicted octanol–water partition coefficient (Wildman–Crippen LogP) is 2.94. The second kappa shape index (κ2) is 9.20. The van der Waals surface area contributed by atoms with E-state index in [9.17, 15) is 9.59 Å². The molecule has 2 rings (SSSR count). The van der Waals surface area contributed by atoms with E-state index in [1.54, 1.807) is 20.2 Å². The first-order valence-corrected chi connectivity index (χ1v) is 8.64. The maximum absolute atomic E-state index is 12.1. The van der Waals surface area contributed by atoms with Crippen molar-refractivity contribution in [2.45, 2.75) is 33.2 Å². The predicted molar refractivity (Wildman–Crippen MR) is 102 cm³/mol. The van der Waals surface area contributed by atoms with Crippen LogP contribution < -0.4 is 15.5 Å². The van der Waals surface area contributed by atoms with E-state index in [0.29, 0.717) is 30.5 Å². The van der Waals surface area contributed by atoms with Crippen LogP contribution in [-0.2, 0) is 16.1 Å². The van der Waals surface area contributed by atoms with Gasteiger partial charge in [0, 0.05) is 31.6 Å². The Bertz CT molecular complexity index is 794. The number of methoxy groups -OCH3 is 1. The number of pyridine rings is 1. The van der Waals surface area contributed by atoms with Crippen LogP contribution in [0.2, 0.25) is 0 Å². The third-order valence-corrected chi connectivity index (χ3v) is 4.13. The second-order valence-electron chi connectivity index (χ2n) is 6.39. The topological polar surface area (TPSA) is 69.6 Å². The van der Waals surface area contributed by atoms with E-state index in [0.717, 1.165) is 0 Å². The molecule has 0 radical (unpaired) electrons. The van der Waals surface area contributed by atoms with Crippen LogP contribution in [-0.4, -0.2) is 30.8 Å². The molecule has 1 amide bonds. The van der Waals surface area contributed by atoms with E-state index in [1.807, 2.05) is 28.8 Å². The van der Waals surface area contributed by atoms with Gasteiger partial charge in [-0.15, -0.1) is 0 Å². The summed E-state index contributed by atoms with van der Waals surface area (Å²) < 4.78 is 12.4. The first kappa shape index (κ1) is 19.7. The molecule has 0 bridgehead atoms. The molecule has 1 aromatic carbocycles. The van der Waals surface area contributed by atoms with Gasteiger partial charge in [-0.25, -0.2) is 0 Å². The van der Waals surface area contributed by atoms with Gasteiger partial charge in [-0.3, -0.25) is 9.59 Å². The highest BCUT2D eigenvalue weighted by molar-refractivity contribution is 5.91. The highest BCUT2D eigenvalue weighted by atomic mass is 16.5. The first-order chi connectivity index (χ1) is 12.4. The van der Waals surface area contributed by atoms with Crippen LogP contribution in [0.1, 0.15) is 31.0 Å². The Morgan fingerprint density at radius 1 is 1.19 bits per heavy atom. The number of hydrogen-bond acceptors (Lipinski definition) is 4. The van der Waals surface area contributed by atoms with E-state index < -0.39 is 0 Å². The number of nitrogens with zero attached hydrogens (tertiary/aromatic N) is 1. The summed E-state index contributed by atoms with van der Waals surface area (Å²) in [5, 5.41) is 2.77. The highest BCUT2D eigenvalue weighted by Gasteiger charge is 2.11. The number of amides is 1. The summed E-state index contributed by atoms with van der Waals surface area (Å²) in [5.41, 5.74) is 2.33. The van der Waals surface area contributed by atoms with Crippen molar-refractivity contribution in [1.82, 2.24) is 4.57 Å². The zero-order valence-electron chi connectivity index (χ0n) is 15.7. The van der Waals surface area contributed by atoms with Crippen molar-refractivity contribution in [3.05, 3.63) is 58.0 Å². The molecule has 6 heteroatoms. The lowest BCUT2D eigenvalue weighted by Gasteiger charge is -2.14. The van der Waals surface area contributed by atoms with Crippen molar-refractivity contribution >= 4 is 11.6 Å². The zero-order valence-corrected chi connectivity index (χ0v) is 15.7. The number of anilines is 1. The number of carbonyl (C=O) groups is 1. The summed E-state index contributed by atoms with van der Waals surface area (Å²) in [6.45, 7) is 6.92. The number of aromatic nitrogens is 1. The molecule has 0 atom stereocenters. The molecule has 2 aromatic rings. The summed E-state index contributed by atoms with van der Waals surface area (Å²) in [4.78, 5) is 24.2. The molecule has 0 unspecified atom stereocenters. The maximum atomic E-state index is 12.1. The summed E-state index contributed by atoms with van der Waals surface area (Å²) in [7, 11) is 1.62. The fourth-order valence-electron chi connectivity index (χ4n) is 2.55. The van der Waals surface area contributed by atoms with Gasteiger partial charge in [0.15, 0.2) is 12.4 Å². The van der Waals surface area contributed by atoms with E-state index in [-0.39, 0.29) is 23.7 Å². The normalized spacial score (nSPS) is 10.8. The summed E-state index contributed by atoms with van der Waals surface area (Å²) >= 11 is 0. The van der Waals surface area contributed by atoms with E-state index in [1.165, 1.54) is 11.6 Å². The lowest BCUT2D eigenvalue weighted by Crippen LogP contribution is -2.24. The minimum atomic E-state index is -0.312. The Morgan fingerprint density at radius 2 is 1.88 bits per heavy atom. The molecule has 6 nitrogen and oxygen atoms in total. The molecule has 0 aliphatic rings. The van der Waals surface area contributed by atoms with Crippen molar-refractivity contribution in [1.29, 1.82) is 0 Å². The lowest BCUT2D eigenvalue weighted by atomic mass is 10.0. The number of rotatable bonds is 8. The summed E-state index contributed by atoms with van der Waals surface area (Å²) in [5.74, 6) is 0.312. The van der Waals surface area contributed by atoms with Gasteiger partial charge in [-0.05, 0) is 30.5 Å².